The van der Waals surface area contributed by atoms with Crippen LogP contribution in [0.4, 0.5) is 5.69 Å². The molecule has 17 heavy (non-hydrogen) atoms. The molecule has 0 aliphatic heterocycles. The van der Waals surface area contributed by atoms with Crippen LogP contribution >= 0.6 is 11.3 Å². The number of nitrogen functional groups attached to an aromatic ring is 1. The van der Waals surface area contributed by atoms with Gasteiger partial charge in [0.2, 0.25) is 0 Å². The predicted octanol–water partition coefficient (Wildman–Crippen LogP) is 3.79. The molecule has 0 spiro atoms. The fourth-order valence-electron chi connectivity index (χ4n) is 2.25. The molecule has 0 saturated heterocycles. The Morgan fingerprint density at radius 2 is 1.76 bits per heavy atom. The standard InChI is InChI=1S/C14H14N2S/c1-8-4-9(2)13(10(3)5-8)11-7-17-12(6-15)14(11)16/h4-5,7H,16H2,1-3H3. The van der Waals surface area contributed by atoms with Crippen LogP contribution in [0, 0.1) is 32.1 Å². The summed E-state index contributed by atoms with van der Waals surface area (Å²) in [5.74, 6) is 0. The van der Waals surface area contributed by atoms with E-state index in [0.29, 0.717) is 10.6 Å². The maximum Gasteiger partial charge on any atom is 0.128 e. The van der Waals surface area contributed by atoms with Crippen molar-refractivity contribution in [1.29, 1.82) is 5.26 Å². The van der Waals surface area contributed by atoms with Crippen molar-refractivity contribution in [3.8, 4) is 17.2 Å². The molecule has 2 N–H and O–H groups in total. The molecular weight excluding hydrogens is 228 g/mol. The van der Waals surface area contributed by atoms with Gasteiger partial charge < -0.3 is 5.73 Å². The van der Waals surface area contributed by atoms with Gasteiger partial charge in [0.25, 0.3) is 0 Å². The van der Waals surface area contributed by atoms with E-state index in [1.807, 2.05) is 5.38 Å². The van der Waals surface area contributed by atoms with Crippen molar-refractivity contribution in [3.63, 3.8) is 0 Å². The predicted molar refractivity (Wildman–Crippen MR) is 73.1 cm³/mol. The van der Waals surface area contributed by atoms with Gasteiger partial charge in [-0.2, -0.15) is 5.26 Å². The number of aryl methyl sites for hydroxylation is 3. The number of hydrogen-bond acceptors (Lipinski definition) is 3. The van der Waals surface area contributed by atoms with Gasteiger partial charge in [0.05, 0.1) is 5.69 Å². The Morgan fingerprint density at radius 1 is 1.18 bits per heavy atom. The molecule has 2 nitrogen and oxygen atoms in total. The van der Waals surface area contributed by atoms with Crippen molar-refractivity contribution < 1.29 is 0 Å². The third kappa shape index (κ3) is 1.92. The number of anilines is 1. The number of nitrogens with zero attached hydrogens (tertiary/aromatic N) is 1. The fourth-order valence-corrected chi connectivity index (χ4v) is 3.02. The van der Waals surface area contributed by atoms with Crippen molar-refractivity contribution >= 4 is 17.0 Å². The smallest absolute Gasteiger partial charge is 0.128 e. The van der Waals surface area contributed by atoms with E-state index < -0.39 is 0 Å². The zero-order valence-electron chi connectivity index (χ0n) is 10.2. The Morgan fingerprint density at radius 3 is 2.24 bits per heavy atom. The highest BCUT2D eigenvalue weighted by molar-refractivity contribution is 7.11. The van der Waals surface area contributed by atoms with Gasteiger partial charge in [-0.3, -0.25) is 0 Å². The SMILES string of the molecule is Cc1cc(C)c(-c2csc(C#N)c2N)c(C)c1. The third-order valence-corrected chi connectivity index (χ3v) is 3.78. The molecule has 2 rings (SSSR count). The van der Waals surface area contributed by atoms with Crippen LogP contribution in [0.1, 0.15) is 21.6 Å². The number of rotatable bonds is 1. The van der Waals surface area contributed by atoms with Gasteiger partial charge in [0, 0.05) is 10.9 Å². The van der Waals surface area contributed by atoms with Gasteiger partial charge in [-0.25, -0.2) is 0 Å². The second kappa shape index (κ2) is 4.23. The summed E-state index contributed by atoms with van der Waals surface area (Å²) in [6.45, 7) is 6.25. The molecule has 0 fully saturated rings. The molecule has 0 aliphatic rings. The summed E-state index contributed by atoms with van der Waals surface area (Å²) in [5.41, 5.74) is 12.4. The summed E-state index contributed by atoms with van der Waals surface area (Å²) in [6, 6.07) is 6.42. The van der Waals surface area contributed by atoms with Crippen molar-refractivity contribution in [2.24, 2.45) is 0 Å². The fraction of sp³-hybridized carbons (Fsp3) is 0.214. The van der Waals surface area contributed by atoms with Crippen LogP contribution in [0.25, 0.3) is 11.1 Å². The minimum atomic E-state index is 0.597. The Bertz CT molecular complexity index is 595. The second-order valence-electron chi connectivity index (χ2n) is 4.28. The largest absolute Gasteiger partial charge is 0.396 e. The van der Waals surface area contributed by atoms with Crippen LogP contribution in [-0.4, -0.2) is 0 Å². The number of nitrogens with two attached hydrogens (primary N) is 1. The van der Waals surface area contributed by atoms with Gasteiger partial charge >= 0.3 is 0 Å². The maximum absolute atomic E-state index is 8.94. The van der Waals surface area contributed by atoms with Crippen LogP contribution in [0.15, 0.2) is 17.5 Å². The van der Waals surface area contributed by atoms with Gasteiger partial charge in [0.1, 0.15) is 10.9 Å². The lowest BCUT2D eigenvalue weighted by Gasteiger charge is -2.11. The van der Waals surface area contributed by atoms with E-state index in [1.54, 1.807) is 0 Å². The van der Waals surface area contributed by atoms with E-state index in [4.69, 9.17) is 11.0 Å². The zero-order chi connectivity index (χ0) is 12.6. The molecule has 0 aliphatic carbocycles. The molecule has 1 heterocycles. The normalized spacial score (nSPS) is 10.2. The molecule has 1 aromatic carbocycles. The maximum atomic E-state index is 8.94. The molecule has 86 valence electrons. The summed E-state index contributed by atoms with van der Waals surface area (Å²) in [6.07, 6.45) is 0. The second-order valence-corrected chi connectivity index (χ2v) is 5.16. The highest BCUT2D eigenvalue weighted by Gasteiger charge is 2.14. The van der Waals surface area contributed by atoms with Gasteiger partial charge in [-0.05, 0) is 37.5 Å². The molecule has 0 saturated carbocycles. The molecule has 0 bridgehead atoms. The van der Waals surface area contributed by atoms with Crippen molar-refractivity contribution in [2.45, 2.75) is 20.8 Å². The van der Waals surface area contributed by atoms with Crippen LogP contribution in [0.2, 0.25) is 0 Å². The Kier molecular flexibility index (Phi) is 2.91. The van der Waals surface area contributed by atoms with Crippen molar-refractivity contribution in [1.82, 2.24) is 0 Å². The number of benzene rings is 1. The van der Waals surface area contributed by atoms with Gasteiger partial charge in [-0.1, -0.05) is 17.7 Å². The molecule has 3 heteroatoms. The molecule has 0 radical (unpaired) electrons. The first-order valence-corrected chi connectivity index (χ1v) is 6.28. The molecular formula is C14H14N2S. The van der Waals surface area contributed by atoms with E-state index in [0.717, 1.165) is 11.1 Å². The lowest BCUT2D eigenvalue weighted by atomic mass is 9.94. The van der Waals surface area contributed by atoms with Crippen molar-refractivity contribution in [2.75, 3.05) is 5.73 Å². The van der Waals surface area contributed by atoms with Crippen LogP contribution in [-0.2, 0) is 0 Å². The summed E-state index contributed by atoms with van der Waals surface area (Å²) in [5, 5.41) is 10.9. The number of thiophene rings is 1. The summed E-state index contributed by atoms with van der Waals surface area (Å²) >= 11 is 1.41. The minimum Gasteiger partial charge on any atom is -0.396 e. The Balaban J connectivity index is 2.69. The van der Waals surface area contributed by atoms with E-state index >= 15 is 0 Å². The van der Waals surface area contributed by atoms with Crippen molar-refractivity contribution in [3.05, 3.63) is 39.1 Å². The molecule has 0 amide bonds. The Labute approximate surface area is 105 Å². The first-order chi connectivity index (χ1) is 8.04. The molecule has 2 aromatic rings. The van der Waals surface area contributed by atoms with Gasteiger partial charge in [0.15, 0.2) is 0 Å². The third-order valence-electron chi connectivity index (χ3n) is 2.88. The minimum absolute atomic E-state index is 0.597. The summed E-state index contributed by atoms with van der Waals surface area (Å²) < 4.78 is 0. The van der Waals surface area contributed by atoms with E-state index in [-0.39, 0.29) is 0 Å². The molecule has 0 unspecified atom stereocenters. The first kappa shape index (κ1) is 11.7. The van der Waals surface area contributed by atoms with Gasteiger partial charge in [-0.15, -0.1) is 11.3 Å². The average Bonchev–Trinajstić information content (AvgIpc) is 2.59. The topological polar surface area (TPSA) is 49.8 Å². The quantitative estimate of drug-likeness (QED) is 0.827. The lowest BCUT2D eigenvalue weighted by molar-refractivity contribution is 1.32. The number of hydrogen-bond donors (Lipinski definition) is 1. The van der Waals surface area contributed by atoms with Crippen LogP contribution in [0.3, 0.4) is 0 Å². The van der Waals surface area contributed by atoms with E-state index in [1.165, 1.54) is 28.0 Å². The number of nitriles is 1. The molecule has 1 aromatic heterocycles. The monoisotopic (exact) mass is 242 g/mol. The summed E-state index contributed by atoms with van der Waals surface area (Å²) in [7, 11) is 0. The van der Waals surface area contributed by atoms with E-state index in [2.05, 4.69) is 39.0 Å². The lowest BCUT2D eigenvalue weighted by Crippen LogP contribution is -1.93. The average molecular weight is 242 g/mol. The highest BCUT2D eigenvalue weighted by atomic mass is 32.1. The van der Waals surface area contributed by atoms with Crippen LogP contribution in [0.5, 0.6) is 0 Å². The molecule has 0 atom stereocenters. The Hall–Kier alpha value is -1.79. The first-order valence-electron chi connectivity index (χ1n) is 5.40. The highest BCUT2D eigenvalue weighted by Crippen LogP contribution is 2.37. The zero-order valence-corrected chi connectivity index (χ0v) is 11.0. The van der Waals surface area contributed by atoms with E-state index in [9.17, 15) is 0 Å². The summed E-state index contributed by atoms with van der Waals surface area (Å²) in [4.78, 5) is 0.597. The van der Waals surface area contributed by atoms with Crippen LogP contribution < -0.4 is 5.73 Å².